The molecule has 1 amide bonds. The van der Waals surface area contributed by atoms with Crippen LogP contribution in [0.3, 0.4) is 0 Å². The summed E-state index contributed by atoms with van der Waals surface area (Å²) in [6.45, 7) is 3.87. The van der Waals surface area contributed by atoms with Gasteiger partial charge in [-0.25, -0.2) is 0 Å². The van der Waals surface area contributed by atoms with E-state index in [9.17, 15) is 9.90 Å². The van der Waals surface area contributed by atoms with Crippen LogP contribution in [0.4, 0.5) is 0 Å². The van der Waals surface area contributed by atoms with Crippen molar-refractivity contribution in [1.29, 1.82) is 0 Å². The number of aliphatic hydroxyl groups excluding tert-OH is 1. The van der Waals surface area contributed by atoms with E-state index in [1.165, 1.54) is 0 Å². The highest BCUT2D eigenvalue weighted by molar-refractivity contribution is 5.85. The van der Waals surface area contributed by atoms with Crippen LogP contribution in [0, 0.1) is 0 Å². The molecule has 0 aromatic heterocycles. The number of ether oxygens (including phenoxy) is 1. The Morgan fingerprint density at radius 2 is 2.41 bits per heavy atom. The van der Waals surface area contributed by atoms with Gasteiger partial charge >= 0.3 is 0 Å². The van der Waals surface area contributed by atoms with Gasteiger partial charge in [-0.3, -0.25) is 4.79 Å². The minimum absolute atomic E-state index is 0. The molecule has 2 rings (SSSR count). The first-order chi connectivity index (χ1) is 7.59. The Bertz CT molecular complexity index is 269. The van der Waals surface area contributed by atoms with Crippen LogP contribution in [0.5, 0.6) is 0 Å². The lowest BCUT2D eigenvalue weighted by molar-refractivity contribution is -0.124. The number of carbonyl (C=O) groups excluding carboxylic acids is 1. The van der Waals surface area contributed by atoms with Crippen LogP contribution in [-0.2, 0) is 9.53 Å². The van der Waals surface area contributed by atoms with Crippen LogP contribution in [0.2, 0.25) is 0 Å². The number of amides is 1. The maximum absolute atomic E-state index is 11.7. The van der Waals surface area contributed by atoms with E-state index >= 15 is 0 Å². The standard InChI is InChI=1S/C11H20N2O3.ClH/c1-11(3-2-4-16-11)7-13-10(15)9-5-8(14)6-12-9;/h8-9,12,14H,2-7H2,1H3,(H,13,15);1H. The van der Waals surface area contributed by atoms with Crippen LogP contribution in [0.1, 0.15) is 26.2 Å². The molecule has 2 aliphatic rings. The highest BCUT2D eigenvalue weighted by Crippen LogP contribution is 2.23. The SMILES string of the molecule is CC1(CNC(=O)C2CC(O)CN2)CCCO1.Cl. The van der Waals surface area contributed by atoms with Crippen molar-refractivity contribution in [1.82, 2.24) is 10.6 Å². The van der Waals surface area contributed by atoms with Crippen molar-refractivity contribution < 1.29 is 14.6 Å². The van der Waals surface area contributed by atoms with Gasteiger partial charge < -0.3 is 20.5 Å². The maximum Gasteiger partial charge on any atom is 0.237 e. The van der Waals surface area contributed by atoms with Crippen LogP contribution < -0.4 is 10.6 Å². The van der Waals surface area contributed by atoms with Gasteiger partial charge in [-0.1, -0.05) is 0 Å². The monoisotopic (exact) mass is 264 g/mol. The second-order valence-electron chi connectivity index (χ2n) is 4.97. The normalized spacial score (nSPS) is 36.6. The molecule has 0 bridgehead atoms. The Morgan fingerprint density at radius 3 is 2.94 bits per heavy atom. The summed E-state index contributed by atoms with van der Waals surface area (Å²) in [5.41, 5.74) is -0.202. The summed E-state index contributed by atoms with van der Waals surface area (Å²) in [4.78, 5) is 11.7. The minimum atomic E-state index is -0.394. The summed E-state index contributed by atoms with van der Waals surface area (Å²) in [5.74, 6) is -0.0340. The highest BCUT2D eigenvalue weighted by atomic mass is 35.5. The molecule has 2 heterocycles. The van der Waals surface area contributed by atoms with Crippen LogP contribution in [-0.4, -0.2) is 48.5 Å². The Labute approximate surface area is 108 Å². The molecule has 2 aliphatic heterocycles. The second kappa shape index (κ2) is 6.00. The molecule has 6 heteroatoms. The van der Waals surface area contributed by atoms with E-state index in [-0.39, 0.29) is 30.0 Å². The zero-order valence-corrected chi connectivity index (χ0v) is 10.9. The number of aliphatic hydroxyl groups is 1. The molecule has 3 unspecified atom stereocenters. The summed E-state index contributed by atoms with van der Waals surface area (Å²) < 4.78 is 5.59. The van der Waals surface area contributed by atoms with Gasteiger partial charge in [-0.05, 0) is 26.2 Å². The van der Waals surface area contributed by atoms with Gasteiger partial charge in [0.05, 0.1) is 17.7 Å². The first-order valence-corrected chi connectivity index (χ1v) is 5.92. The highest BCUT2D eigenvalue weighted by Gasteiger charge is 2.32. The zero-order valence-electron chi connectivity index (χ0n) is 10.1. The lowest BCUT2D eigenvalue weighted by Crippen LogP contribution is -2.46. The first-order valence-electron chi connectivity index (χ1n) is 5.92. The Balaban J connectivity index is 0.00000144. The van der Waals surface area contributed by atoms with Gasteiger partial charge in [0.2, 0.25) is 5.91 Å². The van der Waals surface area contributed by atoms with Crippen molar-refractivity contribution in [2.24, 2.45) is 0 Å². The average Bonchev–Trinajstić information content (AvgIpc) is 2.85. The van der Waals surface area contributed by atoms with E-state index in [0.717, 1.165) is 19.4 Å². The third kappa shape index (κ3) is 3.81. The van der Waals surface area contributed by atoms with Crippen molar-refractivity contribution in [3.05, 3.63) is 0 Å². The van der Waals surface area contributed by atoms with E-state index in [1.54, 1.807) is 0 Å². The summed E-state index contributed by atoms with van der Waals surface area (Å²) in [6, 6.07) is -0.250. The molecule has 0 aromatic rings. The minimum Gasteiger partial charge on any atom is -0.392 e. The zero-order chi connectivity index (χ0) is 11.6. The van der Waals surface area contributed by atoms with Crippen LogP contribution in [0.15, 0.2) is 0 Å². The van der Waals surface area contributed by atoms with Crippen molar-refractivity contribution in [3.8, 4) is 0 Å². The fraction of sp³-hybridized carbons (Fsp3) is 0.909. The third-order valence-corrected chi connectivity index (χ3v) is 3.36. The summed E-state index contributed by atoms with van der Waals surface area (Å²) >= 11 is 0. The number of hydrogen-bond acceptors (Lipinski definition) is 4. The topological polar surface area (TPSA) is 70.6 Å². The van der Waals surface area contributed by atoms with Crippen molar-refractivity contribution in [3.63, 3.8) is 0 Å². The molecular formula is C11H21ClN2O3. The largest absolute Gasteiger partial charge is 0.392 e. The van der Waals surface area contributed by atoms with E-state index < -0.39 is 6.10 Å². The van der Waals surface area contributed by atoms with Gasteiger partial charge in [0.15, 0.2) is 0 Å². The Kier molecular flexibility index (Phi) is 5.19. The second-order valence-corrected chi connectivity index (χ2v) is 4.97. The molecule has 2 saturated heterocycles. The molecule has 0 saturated carbocycles. The van der Waals surface area contributed by atoms with Gasteiger partial charge in [0, 0.05) is 19.7 Å². The molecule has 0 spiro atoms. The predicted molar refractivity (Wildman–Crippen MR) is 66.3 cm³/mol. The van der Waals surface area contributed by atoms with Crippen LogP contribution in [0.25, 0.3) is 0 Å². The molecular weight excluding hydrogens is 244 g/mol. The summed E-state index contributed by atoms with van der Waals surface area (Å²) in [6.07, 6.45) is 2.17. The summed E-state index contributed by atoms with van der Waals surface area (Å²) in [5, 5.41) is 15.2. The lowest BCUT2D eigenvalue weighted by atomic mass is 10.0. The van der Waals surface area contributed by atoms with Gasteiger partial charge in [-0.2, -0.15) is 0 Å². The molecule has 3 N–H and O–H groups in total. The quantitative estimate of drug-likeness (QED) is 0.661. The number of nitrogens with one attached hydrogen (secondary N) is 2. The Hall–Kier alpha value is -0.360. The fourth-order valence-electron chi connectivity index (χ4n) is 2.29. The van der Waals surface area contributed by atoms with Crippen molar-refractivity contribution in [2.45, 2.75) is 43.9 Å². The number of hydrogen-bond donors (Lipinski definition) is 3. The average molecular weight is 265 g/mol. The fourth-order valence-corrected chi connectivity index (χ4v) is 2.29. The molecule has 0 aromatic carbocycles. The number of halogens is 1. The van der Waals surface area contributed by atoms with Crippen molar-refractivity contribution >= 4 is 18.3 Å². The first kappa shape index (κ1) is 14.7. The van der Waals surface area contributed by atoms with Crippen molar-refractivity contribution in [2.75, 3.05) is 19.7 Å². The smallest absolute Gasteiger partial charge is 0.237 e. The third-order valence-electron chi connectivity index (χ3n) is 3.36. The number of rotatable bonds is 3. The number of β-amino-alcohol motifs (C(OH)–C–C–N with tert-alkyl or cyclic N) is 1. The maximum atomic E-state index is 11.7. The van der Waals surface area contributed by atoms with Gasteiger partial charge in [-0.15, -0.1) is 12.4 Å². The molecule has 5 nitrogen and oxygen atoms in total. The predicted octanol–water partition coefficient (Wildman–Crippen LogP) is -0.184. The van der Waals surface area contributed by atoms with E-state index in [1.807, 2.05) is 6.92 Å². The Morgan fingerprint density at radius 1 is 1.65 bits per heavy atom. The summed E-state index contributed by atoms with van der Waals surface area (Å²) in [7, 11) is 0. The van der Waals surface area contributed by atoms with E-state index in [2.05, 4.69) is 10.6 Å². The molecule has 0 radical (unpaired) electrons. The van der Waals surface area contributed by atoms with Gasteiger partial charge in [0.1, 0.15) is 0 Å². The molecule has 100 valence electrons. The lowest BCUT2D eigenvalue weighted by Gasteiger charge is -2.24. The molecule has 2 fully saturated rings. The van der Waals surface area contributed by atoms with E-state index in [0.29, 0.717) is 19.5 Å². The molecule has 0 aliphatic carbocycles. The van der Waals surface area contributed by atoms with Crippen LogP contribution >= 0.6 is 12.4 Å². The number of carbonyl (C=O) groups is 1. The molecule has 17 heavy (non-hydrogen) atoms. The van der Waals surface area contributed by atoms with E-state index in [4.69, 9.17) is 4.74 Å². The molecule has 3 atom stereocenters. The van der Waals surface area contributed by atoms with Gasteiger partial charge in [0.25, 0.3) is 0 Å².